The molecule has 1 saturated heterocycles. The van der Waals surface area contributed by atoms with E-state index in [-0.39, 0.29) is 12.1 Å². The third-order valence-corrected chi connectivity index (χ3v) is 3.33. The highest BCUT2D eigenvalue weighted by molar-refractivity contribution is 6.19. The Morgan fingerprint density at radius 2 is 2.31 bits per heavy atom. The van der Waals surface area contributed by atoms with Crippen LogP contribution in [0.2, 0.25) is 0 Å². The predicted octanol–water partition coefficient (Wildman–Crippen LogP) is 1.09. The molecule has 1 fully saturated rings. The minimum absolute atomic E-state index is 0.195. The zero-order chi connectivity index (χ0) is 12.2. The second kappa shape index (κ2) is 5.66. The van der Waals surface area contributed by atoms with Crippen LogP contribution in [0.3, 0.4) is 0 Å². The van der Waals surface area contributed by atoms with Gasteiger partial charge in [-0.3, -0.25) is 5.32 Å². The number of esters is 1. The number of carbonyl (C=O) groups excluding carboxylic acids is 1. The third-order valence-electron chi connectivity index (χ3n) is 2.95. The van der Waals surface area contributed by atoms with E-state index in [0.29, 0.717) is 12.3 Å². The molecule has 1 unspecified atom stereocenters. The molecule has 1 N–H and O–H groups in total. The Morgan fingerprint density at radius 3 is 2.81 bits per heavy atom. The summed E-state index contributed by atoms with van der Waals surface area (Å²) in [5, 5.41) is 3.17. The van der Waals surface area contributed by atoms with E-state index in [9.17, 15) is 4.79 Å². The van der Waals surface area contributed by atoms with Crippen molar-refractivity contribution in [1.82, 2.24) is 5.32 Å². The number of hydrogen-bond donors (Lipinski definition) is 1. The fourth-order valence-electron chi connectivity index (χ4n) is 2.18. The molecular formula is C11H18ClNO3. The maximum atomic E-state index is 11.9. The number of hydrogen-bond acceptors (Lipinski definition) is 4. The zero-order valence-corrected chi connectivity index (χ0v) is 10.5. The standard InChI is InChI=1S/C11H18ClNO3/c1-8(7-12)6-11(10(14)16-3)9(15-2)4-5-13-11/h9,13H,1,4-7H2,2-3H3/t9-,11?/m1/s1. The molecule has 0 aromatic rings. The molecule has 16 heavy (non-hydrogen) atoms. The van der Waals surface area contributed by atoms with Crippen LogP contribution in [0.1, 0.15) is 12.8 Å². The molecule has 4 nitrogen and oxygen atoms in total. The molecule has 0 aromatic heterocycles. The summed E-state index contributed by atoms with van der Waals surface area (Å²) in [6.07, 6.45) is 1.03. The topological polar surface area (TPSA) is 47.6 Å². The van der Waals surface area contributed by atoms with Gasteiger partial charge in [0, 0.05) is 19.4 Å². The SMILES string of the molecule is C=C(CCl)CC1(C(=O)OC)NCC[C@H]1OC. The predicted molar refractivity (Wildman–Crippen MR) is 62.6 cm³/mol. The van der Waals surface area contributed by atoms with Crippen LogP contribution in [-0.2, 0) is 14.3 Å². The molecule has 1 aliphatic rings. The van der Waals surface area contributed by atoms with E-state index in [1.54, 1.807) is 7.11 Å². The molecular weight excluding hydrogens is 230 g/mol. The van der Waals surface area contributed by atoms with Gasteiger partial charge in [-0.15, -0.1) is 11.6 Å². The van der Waals surface area contributed by atoms with E-state index in [1.807, 2.05) is 0 Å². The number of methoxy groups -OCH3 is 2. The summed E-state index contributed by atoms with van der Waals surface area (Å²) in [5.74, 6) is 0.0137. The molecule has 5 heteroatoms. The van der Waals surface area contributed by atoms with Crippen LogP contribution in [0.25, 0.3) is 0 Å². The van der Waals surface area contributed by atoms with E-state index in [2.05, 4.69) is 11.9 Å². The van der Waals surface area contributed by atoms with Crippen molar-refractivity contribution in [2.45, 2.75) is 24.5 Å². The average Bonchev–Trinajstić information content (AvgIpc) is 2.71. The van der Waals surface area contributed by atoms with E-state index in [1.165, 1.54) is 7.11 Å². The van der Waals surface area contributed by atoms with Crippen LogP contribution in [-0.4, -0.2) is 44.3 Å². The number of alkyl halides is 1. The minimum atomic E-state index is -0.824. The van der Waals surface area contributed by atoms with E-state index >= 15 is 0 Å². The molecule has 2 atom stereocenters. The summed E-state index contributed by atoms with van der Waals surface area (Å²) in [4.78, 5) is 11.9. The quantitative estimate of drug-likeness (QED) is 0.449. The van der Waals surface area contributed by atoms with Gasteiger partial charge in [-0.1, -0.05) is 12.2 Å². The number of ether oxygens (including phenoxy) is 2. The average molecular weight is 248 g/mol. The van der Waals surface area contributed by atoms with Crippen molar-refractivity contribution in [1.29, 1.82) is 0 Å². The number of carbonyl (C=O) groups is 1. The first-order chi connectivity index (χ1) is 7.60. The fraction of sp³-hybridized carbons (Fsp3) is 0.727. The van der Waals surface area contributed by atoms with Crippen LogP contribution < -0.4 is 5.32 Å². The lowest BCUT2D eigenvalue weighted by Gasteiger charge is -2.32. The van der Waals surface area contributed by atoms with Gasteiger partial charge in [0.15, 0.2) is 0 Å². The van der Waals surface area contributed by atoms with Crippen LogP contribution in [0.15, 0.2) is 12.2 Å². The lowest BCUT2D eigenvalue weighted by Crippen LogP contribution is -2.56. The Bertz CT molecular complexity index is 282. The van der Waals surface area contributed by atoms with Crippen LogP contribution in [0.4, 0.5) is 0 Å². The minimum Gasteiger partial charge on any atom is -0.468 e. The molecule has 0 bridgehead atoms. The molecule has 0 amide bonds. The lowest BCUT2D eigenvalue weighted by atomic mass is 9.87. The molecule has 1 aliphatic heterocycles. The Balaban J connectivity index is 2.92. The Kier molecular flexibility index (Phi) is 4.77. The Hall–Kier alpha value is -0.580. The molecule has 92 valence electrons. The lowest BCUT2D eigenvalue weighted by molar-refractivity contribution is -0.152. The van der Waals surface area contributed by atoms with Crippen molar-refractivity contribution in [3.8, 4) is 0 Å². The first kappa shape index (κ1) is 13.5. The number of nitrogens with one attached hydrogen (secondary N) is 1. The molecule has 0 saturated carbocycles. The maximum absolute atomic E-state index is 11.9. The van der Waals surface area contributed by atoms with Gasteiger partial charge in [0.1, 0.15) is 5.54 Å². The maximum Gasteiger partial charge on any atom is 0.329 e. The van der Waals surface area contributed by atoms with Gasteiger partial charge in [0.2, 0.25) is 0 Å². The second-order valence-corrected chi connectivity index (χ2v) is 4.23. The first-order valence-electron chi connectivity index (χ1n) is 5.19. The smallest absolute Gasteiger partial charge is 0.329 e. The Morgan fingerprint density at radius 1 is 1.62 bits per heavy atom. The molecule has 0 spiro atoms. The van der Waals surface area contributed by atoms with Crippen molar-refractivity contribution in [2.24, 2.45) is 0 Å². The normalized spacial score (nSPS) is 29.1. The number of rotatable bonds is 5. The van der Waals surface area contributed by atoms with Gasteiger partial charge in [0.05, 0.1) is 13.2 Å². The van der Waals surface area contributed by atoms with Crippen molar-refractivity contribution in [3.63, 3.8) is 0 Å². The highest BCUT2D eigenvalue weighted by atomic mass is 35.5. The zero-order valence-electron chi connectivity index (χ0n) is 9.72. The summed E-state index contributed by atoms with van der Waals surface area (Å²) in [6.45, 7) is 4.56. The van der Waals surface area contributed by atoms with Crippen molar-refractivity contribution in [3.05, 3.63) is 12.2 Å². The van der Waals surface area contributed by atoms with Crippen LogP contribution in [0.5, 0.6) is 0 Å². The van der Waals surface area contributed by atoms with Crippen molar-refractivity contribution >= 4 is 17.6 Å². The van der Waals surface area contributed by atoms with E-state index in [4.69, 9.17) is 21.1 Å². The van der Waals surface area contributed by atoms with Gasteiger partial charge in [-0.2, -0.15) is 0 Å². The highest BCUT2D eigenvalue weighted by Crippen LogP contribution is 2.30. The third kappa shape index (κ3) is 2.39. The molecule has 1 heterocycles. The molecule has 0 radical (unpaired) electrons. The summed E-state index contributed by atoms with van der Waals surface area (Å²) < 4.78 is 10.2. The summed E-state index contributed by atoms with van der Waals surface area (Å²) in [6, 6.07) is 0. The Labute approximate surface area is 101 Å². The van der Waals surface area contributed by atoms with Crippen LogP contribution >= 0.6 is 11.6 Å². The van der Waals surface area contributed by atoms with Gasteiger partial charge in [-0.05, 0) is 13.0 Å². The highest BCUT2D eigenvalue weighted by Gasteiger charge is 2.50. The van der Waals surface area contributed by atoms with Gasteiger partial charge < -0.3 is 9.47 Å². The molecule has 0 aromatic carbocycles. The van der Waals surface area contributed by atoms with Crippen LogP contribution in [0, 0.1) is 0 Å². The molecule has 0 aliphatic carbocycles. The van der Waals surface area contributed by atoms with E-state index < -0.39 is 5.54 Å². The number of halogens is 1. The van der Waals surface area contributed by atoms with Crippen molar-refractivity contribution < 1.29 is 14.3 Å². The fourth-order valence-corrected chi connectivity index (χ4v) is 2.28. The van der Waals surface area contributed by atoms with Gasteiger partial charge >= 0.3 is 5.97 Å². The van der Waals surface area contributed by atoms with Gasteiger partial charge in [-0.25, -0.2) is 4.79 Å². The largest absolute Gasteiger partial charge is 0.468 e. The van der Waals surface area contributed by atoms with Crippen molar-refractivity contribution in [2.75, 3.05) is 26.6 Å². The first-order valence-corrected chi connectivity index (χ1v) is 5.73. The van der Waals surface area contributed by atoms with Gasteiger partial charge in [0.25, 0.3) is 0 Å². The monoisotopic (exact) mass is 247 g/mol. The molecule has 1 rings (SSSR count). The summed E-state index contributed by atoms with van der Waals surface area (Å²) >= 11 is 5.71. The second-order valence-electron chi connectivity index (χ2n) is 3.96. The summed E-state index contributed by atoms with van der Waals surface area (Å²) in [7, 11) is 2.97. The summed E-state index contributed by atoms with van der Waals surface area (Å²) in [5.41, 5.74) is -0.0290. The van der Waals surface area contributed by atoms with E-state index in [0.717, 1.165) is 18.5 Å².